The molecule has 0 saturated carbocycles. The van der Waals surface area contributed by atoms with E-state index in [1.165, 1.54) is 0 Å². The van der Waals surface area contributed by atoms with Crippen LogP contribution in [0.25, 0.3) is 11.1 Å². The average Bonchev–Trinajstić information content (AvgIpc) is 2.72. The van der Waals surface area contributed by atoms with E-state index in [9.17, 15) is 13.2 Å². The number of hydrogen-bond donors (Lipinski definition) is 0. The summed E-state index contributed by atoms with van der Waals surface area (Å²) in [6.07, 6.45) is -0.168. The van der Waals surface area contributed by atoms with Crippen LogP contribution >= 0.6 is 0 Å². The molecule has 0 aliphatic carbocycles. The van der Waals surface area contributed by atoms with Gasteiger partial charge in [-0.3, -0.25) is 4.79 Å². The highest BCUT2D eigenvalue weighted by Crippen LogP contribution is 2.19. The number of carbonyl (C=O) groups is 1. The van der Waals surface area contributed by atoms with Crippen LogP contribution in [0.4, 0.5) is 0 Å². The highest BCUT2D eigenvalue weighted by molar-refractivity contribution is 7.91. The van der Waals surface area contributed by atoms with Crippen molar-refractivity contribution in [2.24, 2.45) is 0 Å². The standard InChI is InChI=1S/C23H22O4S/c1-18-7-13-22(14-8-18)28(25,26)16-15-23(24)27-17-19-9-11-21(12-10-19)20-5-3-2-4-6-20/h2-14H,15-17H2,1H3. The Kier molecular flexibility index (Phi) is 6.26. The van der Waals surface area contributed by atoms with Gasteiger partial charge in [-0.05, 0) is 35.7 Å². The predicted octanol–water partition coefficient (Wildman–Crippen LogP) is 4.57. The fourth-order valence-corrected chi connectivity index (χ4v) is 3.96. The molecule has 3 aromatic rings. The molecule has 0 aromatic heterocycles. The lowest BCUT2D eigenvalue weighted by Crippen LogP contribution is -2.13. The van der Waals surface area contributed by atoms with Gasteiger partial charge in [0.1, 0.15) is 6.61 Å². The second-order valence-electron chi connectivity index (χ2n) is 6.61. The van der Waals surface area contributed by atoms with Crippen molar-refractivity contribution in [1.29, 1.82) is 0 Å². The van der Waals surface area contributed by atoms with E-state index in [0.717, 1.165) is 22.3 Å². The van der Waals surface area contributed by atoms with Crippen LogP contribution in [0, 0.1) is 6.92 Å². The first-order valence-electron chi connectivity index (χ1n) is 9.03. The Balaban J connectivity index is 1.51. The quantitative estimate of drug-likeness (QED) is 0.551. The smallest absolute Gasteiger partial charge is 0.307 e. The zero-order valence-electron chi connectivity index (χ0n) is 15.7. The van der Waals surface area contributed by atoms with Gasteiger partial charge in [-0.2, -0.15) is 0 Å². The summed E-state index contributed by atoms with van der Waals surface area (Å²) >= 11 is 0. The maximum atomic E-state index is 12.3. The molecule has 0 spiro atoms. The van der Waals surface area contributed by atoms with E-state index in [-0.39, 0.29) is 23.7 Å². The summed E-state index contributed by atoms with van der Waals surface area (Å²) in [5.74, 6) is -0.787. The molecular formula is C23H22O4S. The summed E-state index contributed by atoms with van der Waals surface area (Å²) in [5, 5.41) is 0. The molecule has 3 rings (SSSR count). The van der Waals surface area contributed by atoms with Gasteiger partial charge >= 0.3 is 5.97 Å². The van der Waals surface area contributed by atoms with Crippen LogP contribution in [0.1, 0.15) is 17.5 Å². The van der Waals surface area contributed by atoms with Gasteiger partial charge in [-0.25, -0.2) is 8.42 Å². The van der Waals surface area contributed by atoms with Crippen LogP contribution < -0.4 is 0 Å². The maximum Gasteiger partial charge on any atom is 0.307 e. The number of hydrogen-bond acceptors (Lipinski definition) is 4. The van der Waals surface area contributed by atoms with Crippen molar-refractivity contribution in [3.05, 3.63) is 90.0 Å². The van der Waals surface area contributed by atoms with Gasteiger partial charge in [0.15, 0.2) is 9.84 Å². The monoisotopic (exact) mass is 394 g/mol. The van der Waals surface area contributed by atoms with Crippen molar-refractivity contribution in [3.8, 4) is 11.1 Å². The summed E-state index contributed by atoms with van der Waals surface area (Å²) in [6.45, 7) is 2.01. The molecule has 4 nitrogen and oxygen atoms in total. The molecule has 0 atom stereocenters. The summed E-state index contributed by atoms with van der Waals surface area (Å²) in [4.78, 5) is 12.2. The van der Waals surface area contributed by atoms with Gasteiger partial charge in [-0.1, -0.05) is 72.3 Å². The van der Waals surface area contributed by atoms with Crippen molar-refractivity contribution in [1.82, 2.24) is 0 Å². The average molecular weight is 394 g/mol. The van der Waals surface area contributed by atoms with Crippen LogP contribution in [-0.4, -0.2) is 20.1 Å². The summed E-state index contributed by atoms with van der Waals surface area (Å²) < 4.78 is 29.8. The molecule has 0 heterocycles. The molecule has 0 aliphatic rings. The lowest BCUT2D eigenvalue weighted by Gasteiger charge is -2.07. The Bertz CT molecular complexity index is 1020. The first kappa shape index (κ1) is 19.8. The Hall–Kier alpha value is -2.92. The van der Waals surface area contributed by atoms with E-state index in [0.29, 0.717) is 0 Å². The lowest BCUT2D eigenvalue weighted by molar-refractivity contribution is -0.144. The molecule has 0 radical (unpaired) electrons. The highest BCUT2D eigenvalue weighted by atomic mass is 32.2. The molecule has 0 N–H and O–H groups in total. The second kappa shape index (κ2) is 8.85. The Labute approximate surface area is 165 Å². The molecule has 0 fully saturated rings. The number of ether oxygens (including phenoxy) is 1. The minimum atomic E-state index is -3.49. The molecular weight excluding hydrogens is 372 g/mol. The molecule has 0 amide bonds. The van der Waals surface area contributed by atoms with Crippen molar-refractivity contribution < 1.29 is 17.9 Å². The molecule has 0 saturated heterocycles. The van der Waals surface area contributed by atoms with E-state index >= 15 is 0 Å². The summed E-state index contributed by atoms with van der Waals surface area (Å²) in [5.41, 5.74) is 4.04. The van der Waals surface area contributed by atoms with E-state index in [4.69, 9.17) is 4.74 Å². The van der Waals surface area contributed by atoms with Crippen LogP contribution in [0.5, 0.6) is 0 Å². The zero-order valence-corrected chi connectivity index (χ0v) is 16.5. The van der Waals surface area contributed by atoms with Crippen molar-refractivity contribution in [2.75, 3.05) is 5.75 Å². The van der Waals surface area contributed by atoms with E-state index in [2.05, 4.69) is 0 Å². The first-order valence-corrected chi connectivity index (χ1v) is 10.7. The van der Waals surface area contributed by atoms with E-state index in [1.807, 2.05) is 61.5 Å². The zero-order chi connectivity index (χ0) is 20.0. The molecule has 28 heavy (non-hydrogen) atoms. The van der Waals surface area contributed by atoms with Gasteiger partial charge < -0.3 is 4.74 Å². The maximum absolute atomic E-state index is 12.3. The molecule has 0 unspecified atom stereocenters. The number of carbonyl (C=O) groups excluding carboxylic acids is 1. The molecule has 5 heteroatoms. The summed E-state index contributed by atoms with van der Waals surface area (Å²) in [6, 6.07) is 24.3. The largest absolute Gasteiger partial charge is 0.461 e. The topological polar surface area (TPSA) is 60.4 Å². The molecule has 144 valence electrons. The van der Waals surface area contributed by atoms with E-state index in [1.54, 1.807) is 24.3 Å². The van der Waals surface area contributed by atoms with Gasteiger partial charge in [0.25, 0.3) is 0 Å². The lowest BCUT2D eigenvalue weighted by atomic mass is 10.0. The Morgan fingerprint density at radius 3 is 2.07 bits per heavy atom. The number of benzene rings is 3. The number of rotatable bonds is 7. The van der Waals surface area contributed by atoms with Gasteiger partial charge in [-0.15, -0.1) is 0 Å². The van der Waals surface area contributed by atoms with E-state index < -0.39 is 15.8 Å². The van der Waals surface area contributed by atoms with Gasteiger partial charge in [0, 0.05) is 0 Å². The van der Waals surface area contributed by atoms with Crippen LogP contribution in [0.15, 0.2) is 83.8 Å². The van der Waals surface area contributed by atoms with Crippen LogP contribution in [-0.2, 0) is 26.0 Å². The van der Waals surface area contributed by atoms with Crippen molar-refractivity contribution >= 4 is 15.8 Å². The van der Waals surface area contributed by atoms with Crippen molar-refractivity contribution in [3.63, 3.8) is 0 Å². The number of sulfone groups is 1. The minimum Gasteiger partial charge on any atom is -0.461 e. The van der Waals surface area contributed by atoms with Crippen LogP contribution in [0.3, 0.4) is 0 Å². The number of esters is 1. The van der Waals surface area contributed by atoms with Gasteiger partial charge in [0.05, 0.1) is 17.1 Å². The SMILES string of the molecule is Cc1ccc(S(=O)(=O)CCC(=O)OCc2ccc(-c3ccccc3)cc2)cc1. The Morgan fingerprint density at radius 2 is 1.43 bits per heavy atom. The fraction of sp³-hybridized carbons (Fsp3) is 0.174. The second-order valence-corrected chi connectivity index (χ2v) is 8.71. The molecule has 0 aliphatic heterocycles. The predicted molar refractivity (Wildman–Crippen MR) is 110 cm³/mol. The Morgan fingerprint density at radius 1 is 0.821 bits per heavy atom. The third-order valence-corrected chi connectivity index (χ3v) is 6.15. The van der Waals surface area contributed by atoms with Gasteiger partial charge in [0.2, 0.25) is 0 Å². The third kappa shape index (κ3) is 5.30. The van der Waals surface area contributed by atoms with Crippen LogP contribution in [0.2, 0.25) is 0 Å². The third-order valence-electron chi connectivity index (χ3n) is 4.42. The number of aryl methyl sites for hydroxylation is 1. The minimum absolute atomic E-state index is 0.123. The fourth-order valence-electron chi connectivity index (χ4n) is 2.74. The summed E-state index contributed by atoms with van der Waals surface area (Å²) in [7, 11) is -3.49. The highest BCUT2D eigenvalue weighted by Gasteiger charge is 2.17. The normalized spacial score (nSPS) is 11.2. The molecule has 0 bridgehead atoms. The molecule has 3 aromatic carbocycles. The first-order chi connectivity index (χ1) is 13.4. The van der Waals surface area contributed by atoms with Crippen molar-refractivity contribution in [2.45, 2.75) is 24.8 Å².